The van der Waals surface area contributed by atoms with Crippen molar-refractivity contribution in [2.75, 3.05) is 0 Å². The summed E-state index contributed by atoms with van der Waals surface area (Å²) in [5.74, 6) is -0.808. The Morgan fingerprint density at radius 2 is 0.865 bits per heavy atom. The molecule has 37 heavy (non-hydrogen) atoms. The van der Waals surface area contributed by atoms with E-state index in [9.17, 15) is 19.8 Å². The number of ether oxygens (including phenoxy) is 2. The predicted octanol–water partition coefficient (Wildman–Crippen LogP) is 4.28. The minimum Gasteiger partial charge on any atom is -0.550 e. The fourth-order valence-electron chi connectivity index (χ4n) is 3.22. The van der Waals surface area contributed by atoms with Gasteiger partial charge in [-0.05, 0) is 59.7 Å². The summed E-state index contributed by atoms with van der Waals surface area (Å²) in [6.07, 6.45) is 0. The Balaban J connectivity index is 0.000000253. The van der Waals surface area contributed by atoms with Gasteiger partial charge < -0.3 is 29.3 Å². The molecule has 0 aliphatic rings. The smallest absolute Gasteiger partial charge is 0.550 e. The largest absolute Gasteiger partial charge is 2.00 e. The van der Waals surface area contributed by atoms with Crippen LogP contribution in [0.1, 0.15) is 36.8 Å². The Labute approximate surface area is 232 Å². The van der Waals surface area contributed by atoms with E-state index in [1.54, 1.807) is 62.4 Å². The van der Waals surface area contributed by atoms with Gasteiger partial charge in [-0.2, -0.15) is 0 Å². The molecule has 0 N–H and O–H groups in total. The maximum absolute atomic E-state index is 10.8. The van der Waals surface area contributed by atoms with Crippen molar-refractivity contribution >= 4 is 35.0 Å². The minimum atomic E-state index is -1.09. The van der Waals surface area contributed by atoms with Crippen LogP contribution in [0.25, 0.3) is 0 Å². The molecule has 4 aromatic carbocycles. The molecule has 0 amide bonds. The number of carboxylic acids is 2. The third kappa shape index (κ3) is 9.29. The molecule has 6 nitrogen and oxygen atoms in total. The summed E-state index contributed by atoms with van der Waals surface area (Å²) >= 11 is 0. The monoisotopic (exact) mass is 506 g/mol. The van der Waals surface area contributed by atoms with Gasteiger partial charge in [-0.3, -0.25) is 0 Å². The Kier molecular flexibility index (Phi) is 11.7. The van der Waals surface area contributed by atoms with E-state index in [4.69, 9.17) is 9.47 Å². The van der Waals surface area contributed by atoms with Gasteiger partial charge in [0.05, 0.1) is 0 Å². The third-order valence-corrected chi connectivity index (χ3v) is 5.38. The Hall–Kier alpha value is -3.81. The van der Waals surface area contributed by atoms with Crippen LogP contribution in [0.2, 0.25) is 0 Å². The van der Waals surface area contributed by atoms with Crippen LogP contribution in [0.4, 0.5) is 0 Å². The quantitative estimate of drug-likeness (QED) is 0.331. The second-order valence-corrected chi connectivity index (χ2v) is 8.06. The second kappa shape index (κ2) is 14.7. The van der Waals surface area contributed by atoms with Gasteiger partial charge >= 0.3 is 23.1 Å². The van der Waals surface area contributed by atoms with Crippen LogP contribution in [-0.2, 0) is 9.59 Å². The molecule has 0 aliphatic heterocycles. The summed E-state index contributed by atoms with van der Waals surface area (Å²) in [5, 5.41) is 21.6. The predicted molar refractivity (Wildman–Crippen MR) is 139 cm³/mol. The van der Waals surface area contributed by atoms with E-state index >= 15 is 0 Å². The summed E-state index contributed by atoms with van der Waals surface area (Å²) in [7, 11) is 0. The van der Waals surface area contributed by atoms with Crippen molar-refractivity contribution in [3.05, 3.63) is 120 Å². The Bertz CT molecular complexity index is 1180. The molecule has 4 aromatic rings. The minimum absolute atomic E-state index is 0. The summed E-state index contributed by atoms with van der Waals surface area (Å²) in [5.41, 5.74) is 1.34. The first kappa shape index (κ1) is 29.4. The SMILES string of the molecule is CC(C(=O)[O-])c1cccc(Oc2ccccc2)c1.CC(C(=O)[O-])c1cccc(Oc2ccccc2)c1.[Mg+2]. The molecule has 0 bridgehead atoms. The van der Waals surface area contributed by atoms with E-state index in [0.29, 0.717) is 22.6 Å². The topological polar surface area (TPSA) is 98.7 Å². The fourth-order valence-corrected chi connectivity index (χ4v) is 3.22. The van der Waals surface area contributed by atoms with Crippen LogP contribution in [0.5, 0.6) is 23.0 Å². The molecule has 2 atom stereocenters. The van der Waals surface area contributed by atoms with Crippen molar-refractivity contribution in [1.29, 1.82) is 0 Å². The van der Waals surface area contributed by atoms with Gasteiger partial charge in [-0.25, -0.2) is 0 Å². The molecule has 0 heterocycles. The van der Waals surface area contributed by atoms with Crippen LogP contribution < -0.4 is 19.7 Å². The van der Waals surface area contributed by atoms with E-state index in [1.165, 1.54) is 0 Å². The van der Waals surface area contributed by atoms with E-state index in [2.05, 4.69) is 0 Å². The van der Waals surface area contributed by atoms with Gasteiger partial charge in [0.25, 0.3) is 0 Å². The van der Waals surface area contributed by atoms with Crippen molar-refractivity contribution in [2.45, 2.75) is 25.7 Å². The van der Waals surface area contributed by atoms with Gasteiger partial charge in [-0.15, -0.1) is 0 Å². The van der Waals surface area contributed by atoms with Crippen LogP contribution in [0.3, 0.4) is 0 Å². The zero-order valence-electron chi connectivity index (χ0n) is 20.7. The molecule has 0 spiro atoms. The van der Waals surface area contributed by atoms with E-state index in [-0.39, 0.29) is 23.1 Å². The molecule has 0 radical (unpaired) electrons. The summed E-state index contributed by atoms with van der Waals surface area (Å²) < 4.78 is 11.3. The molecule has 2 unspecified atom stereocenters. The number of carbonyl (C=O) groups is 2. The Morgan fingerprint density at radius 1 is 0.541 bits per heavy atom. The summed E-state index contributed by atoms with van der Waals surface area (Å²) in [4.78, 5) is 21.6. The number of hydrogen-bond donors (Lipinski definition) is 0. The molecule has 0 saturated carbocycles. The third-order valence-electron chi connectivity index (χ3n) is 5.38. The zero-order valence-corrected chi connectivity index (χ0v) is 22.1. The first-order valence-electron chi connectivity index (χ1n) is 11.4. The maximum atomic E-state index is 10.8. The molecular weight excluding hydrogens is 481 g/mol. The van der Waals surface area contributed by atoms with Crippen LogP contribution in [-0.4, -0.2) is 35.0 Å². The molecule has 0 saturated heterocycles. The number of hydrogen-bond acceptors (Lipinski definition) is 6. The van der Waals surface area contributed by atoms with E-state index in [0.717, 1.165) is 11.5 Å². The molecule has 4 rings (SSSR count). The number of carbonyl (C=O) groups excluding carboxylic acids is 2. The van der Waals surface area contributed by atoms with Crippen molar-refractivity contribution in [3.63, 3.8) is 0 Å². The van der Waals surface area contributed by atoms with E-state index < -0.39 is 23.8 Å². The van der Waals surface area contributed by atoms with Gasteiger partial charge in [-0.1, -0.05) is 74.5 Å². The number of carboxylic acid groups (broad SMARTS) is 2. The first-order valence-corrected chi connectivity index (χ1v) is 11.4. The number of para-hydroxylation sites is 2. The van der Waals surface area contributed by atoms with Crippen LogP contribution in [0, 0.1) is 0 Å². The molecule has 0 fully saturated rings. The standard InChI is InChI=1S/2C15H14O3.Mg/c2*1-11(15(16)17)12-6-5-9-14(10-12)18-13-7-3-2-4-8-13;/h2*2-11H,1H3,(H,16,17);/q;;+2/p-2. The number of aliphatic carboxylic acids is 2. The fraction of sp³-hybridized carbons (Fsp3) is 0.133. The van der Waals surface area contributed by atoms with Gasteiger partial charge in [0.15, 0.2) is 0 Å². The Morgan fingerprint density at radius 3 is 1.19 bits per heavy atom. The molecule has 184 valence electrons. The van der Waals surface area contributed by atoms with E-state index in [1.807, 2.05) is 60.7 Å². The van der Waals surface area contributed by atoms with Crippen molar-refractivity contribution in [2.24, 2.45) is 0 Å². The van der Waals surface area contributed by atoms with Gasteiger partial charge in [0, 0.05) is 23.8 Å². The maximum Gasteiger partial charge on any atom is 2.00 e. The number of benzene rings is 4. The molecular formula is C30H26MgO6. The number of rotatable bonds is 8. The normalized spacial score (nSPS) is 11.5. The molecule has 0 aliphatic carbocycles. The summed E-state index contributed by atoms with van der Waals surface area (Å²) in [6.45, 7) is 3.19. The zero-order chi connectivity index (χ0) is 25.9. The van der Waals surface area contributed by atoms with Gasteiger partial charge in [0.2, 0.25) is 0 Å². The van der Waals surface area contributed by atoms with Crippen LogP contribution in [0.15, 0.2) is 109 Å². The molecule has 0 aromatic heterocycles. The molecule has 7 heteroatoms. The van der Waals surface area contributed by atoms with Crippen molar-refractivity contribution in [1.82, 2.24) is 0 Å². The average molecular weight is 507 g/mol. The average Bonchev–Trinajstić information content (AvgIpc) is 2.89. The summed E-state index contributed by atoms with van der Waals surface area (Å²) in [6, 6.07) is 32.7. The van der Waals surface area contributed by atoms with Gasteiger partial charge in [0.1, 0.15) is 23.0 Å². The van der Waals surface area contributed by atoms with Crippen molar-refractivity contribution in [3.8, 4) is 23.0 Å². The second-order valence-electron chi connectivity index (χ2n) is 8.06. The van der Waals surface area contributed by atoms with Crippen molar-refractivity contribution < 1.29 is 29.3 Å². The van der Waals surface area contributed by atoms with Crippen LogP contribution >= 0.6 is 0 Å². The first-order chi connectivity index (χ1) is 17.3.